The quantitative estimate of drug-likeness (QED) is 0.474. The van der Waals surface area contributed by atoms with Crippen molar-refractivity contribution in [2.24, 2.45) is 0 Å². The fraction of sp³-hybridized carbons (Fsp3) is 0. The van der Waals surface area contributed by atoms with Crippen LogP contribution in [0.2, 0.25) is 5.02 Å². The van der Waals surface area contributed by atoms with E-state index >= 15 is 0 Å². The second-order valence-corrected chi connectivity index (χ2v) is 3.13. The normalized spacial score (nSPS) is 9.21. The Bertz CT molecular complexity index is 370. The van der Waals surface area contributed by atoms with E-state index in [1.54, 1.807) is 12.5 Å². The topological polar surface area (TPSA) is 17.8 Å². The number of hydrogen-bond acceptors (Lipinski definition) is 1. The van der Waals surface area contributed by atoms with Gasteiger partial charge in [0.15, 0.2) is 0 Å². The van der Waals surface area contributed by atoms with E-state index in [0.29, 0.717) is 0 Å². The van der Waals surface area contributed by atoms with E-state index in [0.717, 1.165) is 10.6 Å². The Morgan fingerprint density at radius 2 is 1.93 bits per heavy atom. The van der Waals surface area contributed by atoms with E-state index < -0.39 is 0 Å². The standard InChI is InChI=1S/C10H8ClN2.Li/c11-10-3-1-9(2-4-10)7-13-6-5-12-8-13;/h1-8H;/q-1;+1. The van der Waals surface area contributed by atoms with Crippen molar-refractivity contribution < 1.29 is 18.9 Å². The Morgan fingerprint density at radius 3 is 2.50 bits per heavy atom. The minimum absolute atomic E-state index is 0. The van der Waals surface area contributed by atoms with Gasteiger partial charge in [-0.25, -0.2) is 0 Å². The summed E-state index contributed by atoms with van der Waals surface area (Å²) in [6, 6.07) is 7.65. The molecule has 0 saturated heterocycles. The van der Waals surface area contributed by atoms with Crippen LogP contribution in [0.3, 0.4) is 0 Å². The van der Waals surface area contributed by atoms with Gasteiger partial charge in [-0.15, -0.1) is 17.7 Å². The third-order valence-corrected chi connectivity index (χ3v) is 1.94. The summed E-state index contributed by atoms with van der Waals surface area (Å²) in [5, 5.41) is 0.753. The summed E-state index contributed by atoms with van der Waals surface area (Å²) in [5.41, 5.74) is 1.10. The number of benzene rings is 1. The van der Waals surface area contributed by atoms with E-state index in [-0.39, 0.29) is 18.9 Å². The van der Waals surface area contributed by atoms with Crippen molar-refractivity contribution in [2.45, 2.75) is 0 Å². The maximum absolute atomic E-state index is 5.76. The molecule has 0 aliphatic rings. The molecule has 1 aromatic heterocycles. The molecule has 66 valence electrons. The molecule has 0 amide bonds. The maximum atomic E-state index is 5.76. The van der Waals surface area contributed by atoms with Crippen molar-refractivity contribution in [1.29, 1.82) is 0 Å². The Kier molecular flexibility index (Phi) is 4.15. The second-order valence-electron chi connectivity index (χ2n) is 2.69. The van der Waals surface area contributed by atoms with Crippen LogP contribution in [-0.2, 0) is 0 Å². The Labute approximate surface area is 100 Å². The molecule has 0 atom stereocenters. The zero-order valence-corrected chi connectivity index (χ0v) is 8.65. The molecule has 0 spiro atoms. The second kappa shape index (κ2) is 5.16. The summed E-state index contributed by atoms with van der Waals surface area (Å²) in [7, 11) is 0. The summed E-state index contributed by atoms with van der Waals surface area (Å²) in [6.07, 6.45) is 5.37. The molecule has 2 rings (SSSR count). The van der Waals surface area contributed by atoms with Gasteiger partial charge in [0.1, 0.15) is 0 Å². The molecule has 0 radical (unpaired) electrons. The van der Waals surface area contributed by atoms with Gasteiger partial charge in [-0.1, -0.05) is 30.3 Å². The van der Waals surface area contributed by atoms with Crippen LogP contribution in [0.5, 0.6) is 0 Å². The maximum Gasteiger partial charge on any atom is 1.00 e. The van der Waals surface area contributed by atoms with Crippen LogP contribution >= 0.6 is 11.6 Å². The van der Waals surface area contributed by atoms with Crippen LogP contribution < -0.4 is 18.9 Å². The number of aromatic nitrogens is 2. The number of rotatable bonds is 2. The van der Waals surface area contributed by atoms with Gasteiger partial charge < -0.3 is 4.57 Å². The SMILES string of the molecule is Clc1ccc([CH-]n2ccnc2)cc1.[Li+]. The molecule has 0 aliphatic heterocycles. The van der Waals surface area contributed by atoms with Crippen molar-refractivity contribution in [2.75, 3.05) is 0 Å². The van der Waals surface area contributed by atoms with Gasteiger partial charge >= 0.3 is 18.9 Å². The summed E-state index contributed by atoms with van der Waals surface area (Å²) in [4.78, 5) is 3.94. The summed E-state index contributed by atoms with van der Waals surface area (Å²) >= 11 is 5.76. The minimum atomic E-state index is 0. The molecule has 0 unspecified atom stereocenters. The van der Waals surface area contributed by atoms with Crippen LogP contribution in [0.15, 0.2) is 43.0 Å². The molecule has 0 fully saturated rings. The number of halogens is 1. The third-order valence-electron chi connectivity index (χ3n) is 1.69. The van der Waals surface area contributed by atoms with Crippen LogP contribution in [-0.4, -0.2) is 9.55 Å². The zero-order valence-electron chi connectivity index (χ0n) is 7.89. The van der Waals surface area contributed by atoms with E-state index in [1.165, 1.54) is 0 Å². The van der Waals surface area contributed by atoms with Crippen LogP contribution in [0.4, 0.5) is 0 Å². The van der Waals surface area contributed by atoms with E-state index in [2.05, 4.69) is 4.98 Å². The molecule has 1 heterocycles. The van der Waals surface area contributed by atoms with Gasteiger partial charge in [0.05, 0.1) is 0 Å². The Balaban J connectivity index is 0.000000980. The predicted octanol–water partition coefficient (Wildman–Crippen LogP) is -0.401. The summed E-state index contributed by atoms with van der Waals surface area (Å²) in [5.74, 6) is 0. The van der Waals surface area contributed by atoms with E-state index in [1.807, 2.05) is 41.6 Å². The smallest absolute Gasteiger partial charge is 0.408 e. The van der Waals surface area contributed by atoms with Gasteiger partial charge in [0, 0.05) is 17.5 Å². The first kappa shape index (κ1) is 11.3. The first-order valence-corrected chi connectivity index (χ1v) is 4.30. The molecule has 1 aromatic carbocycles. The fourth-order valence-electron chi connectivity index (χ4n) is 1.07. The monoisotopic (exact) mass is 198 g/mol. The number of nitrogens with zero attached hydrogens (tertiary/aromatic N) is 2. The number of hydrogen-bond donors (Lipinski definition) is 0. The van der Waals surface area contributed by atoms with Crippen molar-refractivity contribution in [3.05, 3.63) is 60.1 Å². The molecular formula is C10H8ClLiN2. The van der Waals surface area contributed by atoms with Crippen molar-refractivity contribution in [3.63, 3.8) is 0 Å². The first-order valence-electron chi connectivity index (χ1n) is 3.92. The zero-order chi connectivity index (χ0) is 9.10. The number of imidazole rings is 1. The van der Waals surface area contributed by atoms with Gasteiger partial charge in [0.2, 0.25) is 0 Å². The van der Waals surface area contributed by atoms with Crippen LogP contribution in [0.1, 0.15) is 5.56 Å². The van der Waals surface area contributed by atoms with Gasteiger partial charge in [-0.3, -0.25) is 4.98 Å². The largest absolute Gasteiger partial charge is 1.00 e. The average Bonchev–Trinajstić information content (AvgIpc) is 2.62. The average molecular weight is 199 g/mol. The first-order chi connectivity index (χ1) is 6.34. The molecule has 0 N–H and O–H groups in total. The molecule has 0 aliphatic carbocycles. The van der Waals surface area contributed by atoms with Gasteiger partial charge in [-0.05, 0) is 6.20 Å². The molecule has 14 heavy (non-hydrogen) atoms. The summed E-state index contributed by atoms with van der Waals surface area (Å²) in [6.45, 7) is 1.98. The van der Waals surface area contributed by atoms with Crippen LogP contribution in [0.25, 0.3) is 0 Å². The summed E-state index contributed by atoms with van der Waals surface area (Å²) < 4.78 is 1.89. The molecular weight excluding hydrogens is 191 g/mol. The molecule has 2 aromatic rings. The van der Waals surface area contributed by atoms with Crippen molar-refractivity contribution in [3.8, 4) is 0 Å². The molecule has 0 bridgehead atoms. The molecule has 2 nitrogen and oxygen atoms in total. The molecule has 4 heteroatoms. The van der Waals surface area contributed by atoms with E-state index in [9.17, 15) is 0 Å². The minimum Gasteiger partial charge on any atom is -0.408 e. The van der Waals surface area contributed by atoms with Crippen molar-refractivity contribution in [1.82, 2.24) is 9.55 Å². The predicted molar refractivity (Wildman–Crippen MR) is 52.5 cm³/mol. The Hall–Kier alpha value is -0.813. The van der Waals surface area contributed by atoms with Gasteiger partial charge in [0.25, 0.3) is 0 Å². The van der Waals surface area contributed by atoms with Crippen LogP contribution in [0, 0.1) is 6.54 Å². The fourth-order valence-corrected chi connectivity index (χ4v) is 1.19. The van der Waals surface area contributed by atoms with Gasteiger partial charge in [-0.2, -0.15) is 0 Å². The van der Waals surface area contributed by atoms with Crippen molar-refractivity contribution >= 4 is 11.6 Å². The Morgan fingerprint density at radius 1 is 1.21 bits per heavy atom. The third kappa shape index (κ3) is 2.85. The molecule has 0 saturated carbocycles. The van der Waals surface area contributed by atoms with E-state index in [4.69, 9.17) is 11.6 Å².